The zero-order chi connectivity index (χ0) is 12.3. The summed E-state index contributed by atoms with van der Waals surface area (Å²) in [6.07, 6.45) is -3.58. The van der Waals surface area contributed by atoms with Crippen LogP contribution in [0.25, 0.3) is 0 Å². The number of hydrogen-bond acceptors (Lipinski definition) is 5. The minimum atomic E-state index is -4.54. The van der Waals surface area contributed by atoms with Crippen LogP contribution in [0.5, 0.6) is 0 Å². The maximum Gasteiger partial charge on any atom is 0.455 e. The van der Waals surface area contributed by atoms with E-state index in [0.717, 1.165) is 32.6 Å². The third-order valence-electron chi connectivity index (χ3n) is 2.51. The monoisotopic (exact) mass is 322 g/mol. The number of rotatable bonds is 2. The van der Waals surface area contributed by atoms with Crippen molar-refractivity contribution in [2.45, 2.75) is 19.1 Å². The molecule has 0 atom stereocenters. The van der Waals surface area contributed by atoms with Crippen molar-refractivity contribution in [2.24, 2.45) is 0 Å². The summed E-state index contributed by atoms with van der Waals surface area (Å²) in [5, 5.41) is 6.13. The number of nitrogens with zero attached hydrogens (tertiary/aromatic N) is 3. The topological polar surface area (TPSA) is 54.2 Å². The third-order valence-corrected chi connectivity index (χ3v) is 2.51. The van der Waals surface area contributed by atoms with Gasteiger partial charge < -0.3 is 9.84 Å². The molecule has 0 amide bonds. The Morgan fingerprint density at radius 2 is 1.95 bits per heavy atom. The molecule has 10 heteroatoms. The average Bonchev–Trinajstić information content (AvgIpc) is 2.56. The summed E-state index contributed by atoms with van der Waals surface area (Å²) in [4.78, 5) is 5.34. The van der Waals surface area contributed by atoms with Gasteiger partial charge in [0.2, 0.25) is 5.89 Å². The molecule has 2 heterocycles. The van der Waals surface area contributed by atoms with Crippen LogP contribution in [-0.2, 0) is 12.7 Å². The van der Waals surface area contributed by atoms with Gasteiger partial charge in [0.1, 0.15) is 0 Å². The fourth-order valence-electron chi connectivity index (χ4n) is 1.69. The first-order chi connectivity index (χ1) is 8.05. The van der Waals surface area contributed by atoms with Crippen molar-refractivity contribution >= 4 is 24.8 Å². The summed E-state index contributed by atoms with van der Waals surface area (Å²) in [5.74, 6) is -1.19. The Morgan fingerprint density at radius 3 is 2.58 bits per heavy atom. The average molecular weight is 323 g/mol. The second-order valence-corrected chi connectivity index (χ2v) is 3.89. The van der Waals surface area contributed by atoms with Crippen molar-refractivity contribution in [1.29, 1.82) is 0 Å². The van der Waals surface area contributed by atoms with E-state index in [-0.39, 0.29) is 37.2 Å². The molecule has 0 aromatic carbocycles. The van der Waals surface area contributed by atoms with Crippen molar-refractivity contribution in [3.05, 3.63) is 11.7 Å². The lowest BCUT2D eigenvalue weighted by Crippen LogP contribution is -2.27. The molecule has 0 unspecified atom stereocenters. The largest absolute Gasteiger partial charge is 0.455 e. The summed E-state index contributed by atoms with van der Waals surface area (Å²) >= 11 is 0. The molecule has 19 heavy (non-hydrogen) atoms. The van der Waals surface area contributed by atoms with E-state index < -0.39 is 12.0 Å². The maximum atomic E-state index is 12.2. The zero-order valence-corrected chi connectivity index (χ0v) is 11.6. The van der Waals surface area contributed by atoms with Gasteiger partial charge in [-0.15, -0.1) is 24.8 Å². The number of alkyl halides is 3. The summed E-state index contributed by atoms with van der Waals surface area (Å²) < 4.78 is 41.3. The van der Waals surface area contributed by atoms with Gasteiger partial charge in [-0.25, -0.2) is 0 Å². The minimum absolute atomic E-state index is 0. The van der Waals surface area contributed by atoms with Crippen LogP contribution in [0.4, 0.5) is 13.2 Å². The molecule has 1 aromatic heterocycles. The summed E-state index contributed by atoms with van der Waals surface area (Å²) in [6, 6.07) is 0. The van der Waals surface area contributed by atoms with Crippen LogP contribution in [0.1, 0.15) is 18.1 Å². The highest BCUT2D eigenvalue weighted by atomic mass is 35.5. The fraction of sp³-hybridized carbons (Fsp3) is 0.778. The fourth-order valence-corrected chi connectivity index (χ4v) is 1.69. The van der Waals surface area contributed by atoms with Crippen LogP contribution in [0, 0.1) is 0 Å². The normalized spacial score (nSPS) is 17.2. The van der Waals surface area contributed by atoms with E-state index in [1.807, 2.05) is 4.90 Å². The molecule has 0 spiro atoms. The number of hydrogen-bond donors (Lipinski definition) is 1. The Kier molecular flexibility index (Phi) is 7.65. The zero-order valence-electron chi connectivity index (χ0n) is 9.94. The molecule has 112 valence electrons. The van der Waals surface area contributed by atoms with Gasteiger partial charge in [-0.3, -0.25) is 4.90 Å². The Morgan fingerprint density at radius 1 is 1.21 bits per heavy atom. The number of aromatic nitrogens is 2. The van der Waals surface area contributed by atoms with Crippen molar-refractivity contribution in [3.8, 4) is 0 Å². The predicted octanol–water partition coefficient (Wildman–Crippen LogP) is 1.73. The summed E-state index contributed by atoms with van der Waals surface area (Å²) in [7, 11) is 0. The molecule has 1 aromatic rings. The Hall–Kier alpha value is -0.570. The van der Waals surface area contributed by atoms with Gasteiger partial charge in [0.15, 0.2) is 0 Å². The maximum absolute atomic E-state index is 12.2. The van der Waals surface area contributed by atoms with Gasteiger partial charge in [0.25, 0.3) is 5.82 Å². The molecular formula is C9H15Cl2F3N4O. The lowest BCUT2D eigenvalue weighted by atomic mass is 10.4. The van der Waals surface area contributed by atoms with E-state index in [1.54, 1.807) is 0 Å². The first-order valence-corrected chi connectivity index (χ1v) is 5.38. The van der Waals surface area contributed by atoms with Gasteiger partial charge in [0, 0.05) is 13.1 Å². The second-order valence-electron chi connectivity index (χ2n) is 3.89. The highest BCUT2D eigenvalue weighted by Gasteiger charge is 2.37. The predicted molar refractivity (Wildman–Crippen MR) is 66.6 cm³/mol. The van der Waals surface area contributed by atoms with Crippen LogP contribution >= 0.6 is 24.8 Å². The summed E-state index contributed by atoms with van der Waals surface area (Å²) in [5.41, 5.74) is 0. The molecule has 5 nitrogen and oxygen atoms in total. The van der Waals surface area contributed by atoms with Crippen LogP contribution in [-0.4, -0.2) is 41.2 Å². The number of nitrogens with one attached hydrogen (secondary N) is 1. The molecule has 0 saturated carbocycles. The van der Waals surface area contributed by atoms with Crippen molar-refractivity contribution in [1.82, 2.24) is 20.4 Å². The van der Waals surface area contributed by atoms with Gasteiger partial charge >= 0.3 is 6.18 Å². The molecule has 1 fully saturated rings. The molecular weight excluding hydrogens is 308 g/mol. The Balaban J connectivity index is 0.00000162. The van der Waals surface area contributed by atoms with Gasteiger partial charge in [-0.2, -0.15) is 18.2 Å². The smallest absolute Gasteiger partial charge is 0.338 e. The van der Waals surface area contributed by atoms with Crippen molar-refractivity contribution in [3.63, 3.8) is 0 Å². The highest BCUT2D eigenvalue weighted by molar-refractivity contribution is 5.85. The summed E-state index contributed by atoms with van der Waals surface area (Å²) in [6.45, 7) is 3.60. The van der Waals surface area contributed by atoms with E-state index in [4.69, 9.17) is 0 Å². The molecule has 1 saturated heterocycles. The molecule has 2 rings (SSSR count). The molecule has 1 aliphatic rings. The van der Waals surface area contributed by atoms with Gasteiger partial charge in [0.05, 0.1) is 6.54 Å². The SMILES string of the molecule is Cl.Cl.FC(F)(F)c1noc(CN2CCCNCC2)n1. The lowest BCUT2D eigenvalue weighted by Gasteiger charge is -2.16. The molecule has 1 aliphatic heterocycles. The van der Waals surface area contributed by atoms with E-state index in [0.29, 0.717) is 0 Å². The lowest BCUT2D eigenvalue weighted by molar-refractivity contribution is -0.146. The number of halogens is 5. The van der Waals surface area contributed by atoms with Crippen LogP contribution in [0.15, 0.2) is 4.52 Å². The molecule has 0 aliphatic carbocycles. The third kappa shape index (κ3) is 5.52. The van der Waals surface area contributed by atoms with Crippen LogP contribution in [0.3, 0.4) is 0 Å². The van der Waals surface area contributed by atoms with Crippen molar-refractivity contribution in [2.75, 3.05) is 26.2 Å². The first-order valence-electron chi connectivity index (χ1n) is 5.38. The molecule has 0 radical (unpaired) electrons. The highest BCUT2D eigenvalue weighted by Crippen LogP contribution is 2.26. The molecule has 1 N–H and O–H groups in total. The van der Waals surface area contributed by atoms with E-state index in [1.165, 1.54) is 0 Å². The van der Waals surface area contributed by atoms with Crippen LogP contribution < -0.4 is 5.32 Å². The second kappa shape index (κ2) is 7.88. The quantitative estimate of drug-likeness (QED) is 0.898. The van der Waals surface area contributed by atoms with Crippen LogP contribution in [0.2, 0.25) is 0 Å². The van der Waals surface area contributed by atoms with Gasteiger partial charge in [-0.05, 0) is 19.5 Å². The standard InChI is InChI=1S/C9H13F3N4O.2ClH/c10-9(11,12)8-14-7(17-15-8)6-16-4-1-2-13-3-5-16;;/h13H,1-6H2;2*1H. The van der Waals surface area contributed by atoms with E-state index >= 15 is 0 Å². The van der Waals surface area contributed by atoms with Gasteiger partial charge in [-0.1, -0.05) is 5.16 Å². The van der Waals surface area contributed by atoms with E-state index in [9.17, 15) is 13.2 Å². The Bertz CT molecular complexity index is 367. The molecule has 0 bridgehead atoms. The first kappa shape index (κ1) is 18.4. The Labute approximate surface area is 120 Å². The van der Waals surface area contributed by atoms with E-state index in [2.05, 4.69) is 20.0 Å². The minimum Gasteiger partial charge on any atom is -0.338 e. The van der Waals surface area contributed by atoms with Crippen molar-refractivity contribution < 1.29 is 17.7 Å².